The summed E-state index contributed by atoms with van der Waals surface area (Å²) in [6.45, 7) is 1.68. The molecule has 0 fully saturated rings. The van der Waals surface area contributed by atoms with Crippen molar-refractivity contribution in [3.63, 3.8) is 0 Å². The van der Waals surface area contributed by atoms with Crippen molar-refractivity contribution in [2.75, 3.05) is 14.2 Å². The van der Waals surface area contributed by atoms with Gasteiger partial charge in [-0.1, -0.05) is 12.1 Å². The van der Waals surface area contributed by atoms with Gasteiger partial charge in [-0.2, -0.15) is 0 Å². The number of fused-ring (bicyclic) bond motifs is 1. The van der Waals surface area contributed by atoms with Gasteiger partial charge in [0, 0.05) is 6.07 Å². The fraction of sp³-hybridized carbons (Fsp3) is 0.120. The molecule has 3 aromatic carbocycles. The lowest BCUT2D eigenvalue weighted by Gasteiger charge is -2.12. The summed E-state index contributed by atoms with van der Waals surface area (Å²) in [4.78, 5) is 25.5. The zero-order valence-electron chi connectivity index (χ0n) is 17.6. The maximum Gasteiger partial charge on any atom is 0.343 e. The molecule has 7 heteroatoms. The molecule has 0 spiro atoms. The Morgan fingerprint density at radius 1 is 0.938 bits per heavy atom. The van der Waals surface area contributed by atoms with Crippen LogP contribution < -0.4 is 19.6 Å². The van der Waals surface area contributed by atoms with Crippen LogP contribution >= 0.6 is 0 Å². The molecule has 0 bridgehead atoms. The number of methoxy groups -OCH3 is 2. The van der Waals surface area contributed by atoms with Crippen LogP contribution in [0.5, 0.6) is 17.2 Å². The molecular formula is C25H19FO6. The zero-order chi connectivity index (χ0) is 22.8. The largest absolute Gasteiger partial charge is 0.493 e. The van der Waals surface area contributed by atoms with E-state index < -0.39 is 11.8 Å². The number of esters is 1. The minimum atomic E-state index is -0.718. The third-order valence-corrected chi connectivity index (χ3v) is 4.98. The van der Waals surface area contributed by atoms with E-state index >= 15 is 0 Å². The maximum atomic E-state index is 13.4. The van der Waals surface area contributed by atoms with Crippen molar-refractivity contribution < 1.29 is 27.8 Å². The third kappa shape index (κ3) is 3.92. The Bertz CT molecular complexity index is 1390. The molecule has 162 valence electrons. The van der Waals surface area contributed by atoms with E-state index in [1.165, 1.54) is 50.6 Å². The number of halogens is 1. The van der Waals surface area contributed by atoms with Gasteiger partial charge in [0.25, 0.3) is 0 Å². The summed E-state index contributed by atoms with van der Waals surface area (Å²) in [6, 6.07) is 14.8. The van der Waals surface area contributed by atoms with Crippen molar-refractivity contribution in [3.05, 3.63) is 88.0 Å². The molecule has 0 saturated heterocycles. The molecule has 0 aliphatic carbocycles. The smallest absolute Gasteiger partial charge is 0.343 e. The van der Waals surface area contributed by atoms with Gasteiger partial charge < -0.3 is 18.6 Å². The number of aryl methyl sites for hydroxylation is 1. The first-order chi connectivity index (χ1) is 15.4. The standard InChI is InChI=1S/C25H19FO6/c1-14-23(15-7-10-20(29-2)22(12-15)30-3)24(27)19-9-8-18(13-21(19)31-14)32-25(28)16-5-4-6-17(26)11-16/h4-13H,1-3H3. The Kier molecular flexibility index (Phi) is 5.64. The van der Waals surface area contributed by atoms with E-state index in [0.717, 1.165) is 6.07 Å². The molecule has 0 aliphatic heterocycles. The van der Waals surface area contributed by atoms with Gasteiger partial charge >= 0.3 is 5.97 Å². The summed E-state index contributed by atoms with van der Waals surface area (Å²) in [5.74, 6) is 0.344. The van der Waals surface area contributed by atoms with Crippen LogP contribution in [0.15, 0.2) is 69.9 Å². The molecule has 0 atom stereocenters. The number of benzene rings is 3. The first-order valence-electron chi connectivity index (χ1n) is 9.69. The quantitative estimate of drug-likeness (QED) is 0.320. The van der Waals surface area contributed by atoms with Crippen LogP contribution in [0.25, 0.3) is 22.1 Å². The second kappa shape index (κ2) is 8.55. The molecule has 4 aromatic rings. The van der Waals surface area contributed by atoms with Crippen LogP contribution in [0.4, 0.5) is 4.39 Å². The van der Waals surface area contributed by atoms with Crippen molar-refractivity contribution >= 4 is 16.9 Å². The highest BCUT2D eigenvalue weighted by molar-refractivity contribution is 5.92. The van der Waals surface area contributed by atoms with Crippen LogP contribution in [0.1, 0.15) is 16.1 Å². The normalized spacial score (nSPS) is 10.8. The predicted octanol–water partition coefficient (Wildman–Crippen LogP) is 5.14. The lowest BCUT2D eigenvalue weighted by Crippen LogP contribution is -2.10. The Morgan fingerprint density at radius 2 is 1.72 bits per heavy atom. The molecule has 0 saturated carbocycles. The van der Waals surface area contributed by atoms with Crippen molar-refractivity contribution in [2.45, 2.75) is 6.92 Å². The van der Waals surface area contributed by atoms with Crippen LogP contribution in [0, 0.1) is 12.7 Å². The second-order valence-electron chi connectivity index (χ2n) is 6.99. The highest BCUT2D eigenvalue weighted by Crippen LogP contribution is 2.33. The summed E-state index contributed by atoms with van der Waals surface area (Å²) >= 11 is 0. The maximum absolute atomic E-state index is 13.4. The Hall–Kier alpha value is -4.13. The van der Waals surface area contributed by atoms with Crippen molar-refractivity contribution in [1.82, 2.24) is 0 Å². The number of carbonyl (C=O) groups excluding carboxylic acids is 1. The molecule has 6 nitrogen and oxygen atoms in total. The van der Waals surface area contributed by atoms with Gasteiger partial charge in [0.05, 0.1) is 30.7 Å². The molecule has 0 amide bonds. The molecule has 1 aromatic heterocycles. The topological polar surface area (TPSA) is 75.0 Å². The monoisotopic (exact) mass is 434 g/mol. The first kappa shape index (κ1) is 21.1. The Balaban J connectivity index is 1.72. The molecule has 4 rings (SSSR count). The van der Waals surface area contributed by atoms with E-state index in [9.17, 15) is 14.0 Å². The summed E-state index contributed by atoms with van der Waals surface area (Å²) < 4.78 is 35.1. The summed E-state index contributed by atoms with van der Waals surface area (Å²) in [5.41, 5.74) is 1.12. The molecule has 0 unspecified atom stereocenters. The number of rotatable bonds is 5. The van der Waals surface area contributed by atoms with E-state index in [1.807, 2.05) is 0 Å². The van der Waals surface area contributed by atoms with Crippen LogP contribution in [-0.2, 0) is 0 Å². The minimum Gasteiger partial charge on any atom is -0.493 e. The average Bonchev–Trinajstić information content (AvgIpc) is 2.78. The molecule has 1 heterocycles. The van der Waals surface area contributed by atoms with E-state index in [1.54, 1.807) is 25.1 Å². The van der Waals surface area contributed by atoms with Gasteiger partial charge in [-0.25, -0.2) is 9.18 Å². The average molecular weight is 434 g/mol. The lowest BCUT2D eigenvalue weighted by molar-refractivity contribution is 0.0734. The van der Waals surface area contributed by atoms with Crippen LogP contribution in [0.3, 0.4) is 0 Å². The second-order valence-corrected chi connectivity index (χ2v) is 6.99. The predicted molar refractivity (Wildman–Crippen MR) is 117 cm³/mol. The van der Waals surface area contributed by atoms with E-state index in [0.29, 0.717) is 33.8 Å². The SMILES string of the molecule is COc1ccc(-c2c(C)oc3cc(OC(=O)c4cccc(F)c4)ccc3c2=O)cc1OC. The van der Waals surface area contributed by atoms with Crippen LogP contribution in [-0.4, -0.2) is 20.2 Å². The van der Waals surface area contributed by atoms with Crippen molar-refractivity contribution in [3.8, 4) is 28.4 Å². The number of hydrogen-bond donors (Lipinski definition) is 0. The molecular weight excluding hydrogens is 415 g/mol. The molecule has 0 radical (unpaired) electrons. The summed E-state index contributed by atoms with van der Waals surface area (Å²) in [7, 11) is 3.05. The van der Waals surface area contributed by atoms with Gasteiger partial charge in [0.15, 0.2) is 11.5 Å². The van der Waals surface area contributed by atoms with Gasteiger partial charge in [0.1, 0.15) is 22.9 Å². The van der Waals surface area contributed by atoms with Gasteiger partial charge in [-0.15, -0.1) is 0 Å². The zero-order valence-corrected chi connectivity index (χ0v) is 17.6. The van der Waals surface area contributed by atoms with Gasteiger partial charge in [-0.05, 0) is 55.0 Å². The highest BCUT2D eigenvalue weighted by Gasteiger charge is 2.17. The number of hydrogen-bond acceptors (Lipinski definition) is 6. The Morgan fingerprint density at radius 3 is 2.44 bits per heavy atom. The highest BCUT2D eigenvalue weighted by atomic mass is 19.1. The van der Waals surface area contributed by atoms with Gasteiger partial charge in [0.2, 0.25) is 5.43 Å². The Labute approximate surface area is 182 Å². The van der Waals surface area contributed by atoms with Crippen molar-refractivity contribution in [1.29, 1.82) is 0 Å². The van der Waals surface area contributed by atoms with Gasteiger partial charge in [-0.3, -0.25) is 4.79 Å². The minimum absolute atomic E-state index is 0.0755. The van der Waals surface area contributed by atoms with E-state index in [4.69, 9.17) is 18.6 Å². The fourth-order valence-electron chi connectivity index (χ4n) is 3.46. The molecule has 0 aliphatic rings. The fourth-order valence-corrected chi connectivity index (χ4v) is 3.46. The first-order valence-corrected chi connectivity index (χ1v) is 9.69. The number of ether oxygens (including phenoxy) is 3. The summed E-state index contributed by atoms with van der Waals surface area (Å²) in [6.07, 6.45) is 0. The van der Waals surface area contributed by atoms with E-state index in [2.05, 4.69) is 0 Å². The van der Waals surface area contributed by atoms with Crippen molar-refractivity contribution in [2.24, 2.45) is 0 Å². The van der Waals surface area contributed by atoms with Crippen LogP contribution in [0.2, 0.25) is 0 Å². The number of carbonyl (C=O) groups is 1. The molecule has 32 heavy (non-hydrogen) atoms. The van der Waals surface area contributed by atoms with E-state index in [-0.39, 0.29) is 22.3 Å². The lowest BCUT2D eigenvalue weighted by atomic mass is 10.0. The summed E-state index contributed by atoms with van der Waals surface area (Å²) in [5, 5.41) is 0.325. The third-order valence-electron chi connectivity index (χ3n) is 4.98. The molecule has 0 N–H and O–H groups in total.